The van der Waals surface area contributed by atoms with Crippen LogP contribution in [0, 0.1) is 6.92 Å². The van der Waals surface area contributed by atoms with Crippen LogP contribution >= 0.6 is 11.6 Å². The average Bonchev–Trinajstić information content (AvgIpc) is 2.36. The summed E-state index contributed by atoms with van der Waals surface area (Å²) in [5.74, 6) is 1.03. The highest BCUT2D eigenvalue weighted by atomic mass is 35.5. The standard InChI is InChI=1S/C13H14ClN3O/c1-8-3-4-9(14)11(7-8)16-13-10(15)5-6-12(17-13)18-2/h3-7H,15H2,1-2H3,(H,16,17). The summed E-state index contributed by atoms with van der Waals surface area (Å²) in [6, 6.07) is 9.14. The van der Waals surface area contributed by atoms with Crippen LogP contribution in [0.1, 0.15) is 5.56 Å². The molecule has 5 heteroatoms. The monoisotopic (exact) mass is 263 g/mol. The minimum absolute atomic E-state index is 0.496. The Hall–Kier alpha value is -1.94. The molecule has 4 nitrogen and oxygen atoms in total. The number of anilines is 3. The first-order chi connectivity index (χ1) is 8.60. The van der Waals surface area contributed by atoms with Gasteiger partial charge in [0, 0.05) is 6.07 Å². The fraction of sp³-hybridized carbons (Fsp3) is 0.154. The Morgan fingerprint density at radius 3 is 2.78 bits per heavy atom. The van der Waals surface area contributed by atoms with E-state index in [1.807, 2.05) is 25.1 Å². The predicted octanol–water partition coefficient (Wildman–Crippen LogP) is 3.38. The van der Waals surface area contributed by atoms with Crippen LogP contribution in [0.25, 0.3) is 0 Å². The van der Waals surface area contributed by atoms with Crippen molar-refractivity contribution in [2.75, 3.05) is 18.2 Å². The SMILES string of the molecule is COc1ccc(N)c(Nc2cc(C)ccc2Cl)n1. The molecular weight excluding hydrogens is 250 g/mol. The molecule has 1 aromatic carbocycles. The third kappa shape index (κ3) is 2.65. The Labute approximate surface area is 111 Å². The molecule has 1 heterocycles. The van der Waals surface area contributed by atoms with Crippen molar-refractivity contribution >= 4 is 28.8 Å². The Morgan fingerprint density at radius 1 is 1.28 bits per heavy atom. The number of methoxy groups -OCH3 is 1. The van der Waals surface area contributed by atoms with Crippen LogP contribution in [-0.4, -0.2) is 12.1 Å². The van der Waals surface area contributed by atoms with E-state index in [9.17, 15) is 0 Å². The van der Waals surface area contributed by atoms with Crippen LogP contribution in [0.2, 0.25) is 5.02 Å². The normalized spacial score (nSPS) is 10.2. The van der Waals surface area contributed by atoms with Crippen LogP contribution in [0.3, 0.4) is 0 Å². The van der Waals surface area contributed by atoms with Gasteiger partial charge in [0.1, 0.15) is 0 Å². The summed E-state index contributed by atoms with van der Waals surface area (Å²) < 4.78 is 5.06. The van der Waals surface area contributed by atoms with Crippen LogP contribution in [-0.2, 0) is 0 Å². The highest BCUT2D eigenvalue weighted by Gasteiger charge is 2.06. The minimum atomic E-state index is 0.496. The molecule has 0 aliphatic rings. The van der Waals surface area contributed by atoms with E-state index in [0.717, 1.165) is 11.3 Å². The van der Waals surface area contributed by atoms with Crippen molar-refractivity contribution in [3.8, 4) is 5.88 Å². The summed E-state index contributed by atoms with van der Waals surface area (Å²) in [5, 5.41) is 3.72. The molecule has 18 heavy (non-hydrogen) atoms. The third-order valence-electron chi connectivity index (χ3n) is 2.48. The van der Waals surface area contributed by atoms with Crippen molar-refractivity contribution in [3.05, 3.63) is 40.9 Å². The molecule has 0 atom stereocenters. The summed E-state index contributed by atoms with van der Waals surface area (Å²) in [7, 11) is 1.56. The Kier molecular flexibility index (Phi) is 3.58. The topological polar surface area (TPSA) is 60.2 Å². The number of benzene rings is 1. The molecule has 0 radical (unpaired) electrons. The molecular formula is C13H14ClN3O. The summed E-state index contributed by atoms with van der Waals surface area (Å²) in [5.41, 5.74) is 8.26. The van der Waals surface area contributed by atoms with Crippen molar-refractivity contribution in [1.82, 2.24) is 4.98 Å². The molecule has 0 fully saturated rings. The van der Waals surface area contributed by atoms with Gasteiger partial charge >= 0.3 is 0 Å². The number of nitrogens with one attached hydrogen (secondary N) is 1. The fourth-order valence-corrected chi connectivity index (χ4v) is 1.69. The van der Waals surface area contributed by atoms with Gasteiger partial charge in [0.25, 0.3) is 0 Å². The van der Waals surface area contributed by atoms with Gasteiger partial charge in [-0.1, -0.05) is 17.7 Å². The van der Waals surface area contributed by atoms with E-state index in [2.05, 4.69) is 10.3 Å². The van der Waals surface area contributed by atoms with Crippen molar-refractivity contribution < 1.29 is 4.74 Å². The number of pyridine rings is 1. The van der Waals surface area contributed by atoms with E-state index >= 15 is 0 Å². The molecule has 3 N–H and O–H groups in total. The summed E-state index contributed by atoms with van der Waals surface area (Å²) in [6.07, 6.45) is 0. The maximum atomic E-state index is 6.11. The highest BCUT2D eigenvalue weighted by molar-refractivity contribution is 6.33. The maximum absolute atomic E-state index is 6.11. The number of nitrogens with zero attached hydrogens (tertiary/aromatic N) is 1. The van der Waals surface area contributed by atoms with E-state index < -0.39 is 0 Å². The van der Waals surface area contributed by atoms with E-state index in [0.29, 0.717) is 22.4 Å². The number of hydrogen-bond donors (Lipinski definition) is 2. The summed E-state index contributed by atoms with van der Waals surface area (Å²) in [4.78, 5) is 4.24. The zero-order chi connectivity index (χ0) is 13.1. The van der Waals surface area contributed by atoms with E-state index in [1.54, 1.807) is 19.2 Å². The van der Waals surface area contributed by atoms with Crippen molar-refractivity contribution in [2.24, 2.45) is 0 Å². The first kappa shape index (κ1) is 12.5. The van der Waals surface area contributed by atoms with E-state index in [4.69, 9.17) is 22.1 Å². The lowest BCUT2D eigenvalue weighted by molar-refractivity contribution is 0.398. The predicted molar refractivity (Wildman–Crippen MR) is 74.7 cm³/mol. The first-order valence-electron chi connectivity index (χ1n) is 5.44. The van der Waals surface area contributed by atoms with Crippen molar-refractivity contribution in [1.29, 1.82) is 0 Å². The quantitative estimate of drug-likeness (QED) is 0.891. The zero-order valence-electron chi connectivity index (χ0n) is 10.2. The number of nitrogens with two attached hydrogens (primary N) is 1. The molecule has 2 rings (SSSR count). The lowest BCUT2D eigenvalue weighted by atomic mass is 10.2. The van der Waals surface area contributed by atoms with Crippen LogP contribution in [0.15, 0.2) is 30.3 Å². The molecule has 0 saturated heterocycles. The number of hydrogen-bond acceptors (Lipinski definition) is 4. The number of aromatic nitrogens is 1. The number of halogens is 1. The number of ether oxygens (including phenoxy) is 1. The Balaban J connectivity index is 2.36. The van der Waals surface area contributed by atoms with Crippen LogP contribution in [0.4, 0.5) is 17.2 Å². The lowest BCUT2D eigenvalue weighted by Crippen LogP contribution is -2.01. The molecule has 0 aliphatic heterocycles. The lowest BCUT2D eigenvalue weighted by Gasteiger charge is -2.11. The second kappa shape index (κ2) is 5.14. The van der Waals surface area contributed by atoms with Crippen LogP contribution < -0.4 is 15.8 Å². The number of nitrogen functional groups attached to an aromatic ring is 1. The second-order valence-electron chi connectivity index (χ2n) is 3.90. The second-order valence-corrected chi connectivity index (χ2v) is 4.31. The largest absolute Gasteiger partial charge is 0.481 e. The van der Waals surface area contributed by atoms with Gasteiger partial charge in [-0.3, -0.25) is 0 Å². The Bertz CT molecular complexity index is 572. The van der Waals surface area contributed by atoms with Gasteiger partial charge in [-0.25, -0.2) is 0 Å². The smallest absolute Gasteiger partial charge is 0.215 e. The number of aryl methyl sites for hydroxylation is 1. The van der Waals surface area contributed by atoms with Gasteiger partial charge in [-0.05, 0) is 30.7 Å². The van der Waals surface area contributed by atoms with Crippen molar-refractivity contribution in [2.45, 2.75) is 6.92 Å². The van der Waals surface area contributed by atoms with Gasteiger partial charge in [0.05, 0.1) is 23.5 Å². The average molecular weight is 264 g/mol. The van der Waals surface area contributed by atoms with Gasteiger partial charge in [0.2, 0.25) is 5.88 Å². The summed E-state index contributed by atoms with van der Waals surface area (Å²) in [6.45, 7) is 1.99. The molecule has 0 amide bonds. The van der Waals surface area contributed by atoms with E-state index in [-0.39, 0.29) is 0 Å². The van der Waals surface area contributed by atoms with E-state index in [1.165, 1.54) is 0 Å². The minimum Gasteiger partial charge on any atom is -0.481 e. The first-order valence-corrected chi connectivity index (χ1v) is 5.81. The molecule has 0 aliphatic carbocycles. The number of rotatable bonds is 3. The van der Waals surface area contributed by atoms with Gasteiger partial charge in [0.15, 0.2) is 5.82 Å². The molecule has 0 saturated carbocycles. The van der Waals surface area contributed by atoms with Crippen LogP contribution in [0.5, 0.6) is 5.88 Å². The molecule has 2 aromatic rings. The van der Waals surface area contributed by atoms with Crippen molar-refractivity contribution in [3.63, 3.8) is 0 Å². The fourth-order valence-electron chi connectivity index (χ4n) is 1.53. The van der Waals surface area contributed by atoms with Gasteiger partial charge < -0.3 is 15.8 Å². The van der Waals surface area contributed by atoms with Gasteiger partial charge in [-0.15, -0.1) is 0 Å². The Morgan fingerprint density at radius 2 is 2.06 bits per heavy atom. The third-order valence-corrected chi connectivity index (χ3v) is 2.81. The highest BCUT2D eigenvalue weighted by Crippen LogP contribution is 2.29. The molecule has 0 bridgehead atoms. The molecule has 0 unspecified atom stereocenters. The molecule has 0 spiro atoms. The molecule has 94 valence electrons. The zero-order valence-corrected chi connectivity index (χ0v) is 11.0. The maximum Gasteiger partial charge on any atom is 0.215 e. The van der Waals surface area contributed by atoms with Gasteiger partial charge in [-0.2, -0.15) is 4.98 Å². The molecule has 1 aromatic heterocycles. The summed E-state index contributed by atoms with van der Waals surface area (Å²) >= 11 is 6.11.